The molecular weight excluding hydrogens is 360 g/mol. The Morgan fingerprint density at radius 1 is 1.27 bits per heavy atom. The van der Waals surface area contributed by atoms with Crippen molar-refractivity contribution in [3.63, 3.8) is 0 Å². The topological polar surface area (TPSA) is 93.7 Å². The van der Waals surface area contributed by atoms with E-state index in [1.54, 1.807) is 0 Å². The lowest BCUT2D eigenvalue weighted by Gasteiger charge is -2.28. The molecule has 0 bridgehead atoms. The Labute approximate surface area is 155 Å². The van der Waals surface area contributed by atoms with E-state index in [9.17, 15) is 9.59 Å². The number of nitrogens with one attached hydrogen (secondary N) is 1. The van der Waals surface area contributed by atoms with Crippen molar-refractivity contribution in [1.82, 2.24) is 9.97 Å². The number of aldehydes is 1. The summed E-state index contributed by atoms with van der Waals surface area (Å²) in [7, 11) is 0. The van der Waals surface area contributed by atoms with Crippen LogP contribution in [-0.4, -0.2) is 48.7 Å². The van der Waals surface area contributed by atoms with Crippen LogP contribution in [0.4, 0.5) is 16.6 Å². The number of hydrogen-bond acceptors (Lipinski definition) is 7. The highest BCUT2D eigenvalue weighted by molar-refractivity contribution is 6.32. The van der Waals surface area contributed by atoms with Gasteiger partial charge >= 0.3 is 6.09 Å². The molecule has 1 aromatic heterocycles. The van der Waals surface area contributed by atoms with Gasteiger partial charge in [-0.25, -0.2) is 4.79 Å². The second-order valence-electron chi connectivity index (χ2n) is 5.48. The second-order valence-corrected chi connectivity index (χ2v) is 5.84. The summed E-state index contributed by atoms with van der Waals surface area (Å²) in [5, 5.41) is 2.41. The lowest BCUT2D eigenvalue weighted by molar-refractivity contribution is 0.111. The van der Waals surface area contributed by atoms with E-state index in [0.29, 0.717) is 38.4 Å². The van der Waals surface area contributed by atoms with Crippen molar-refractivity contribution in [2.75, 3.05) is 36.5 Å². The highest BCUT2D eigenvalue weighted by atomic mass is 35.5. The number of hydrogen-bond donors (Lipinski definition) is 1. The van der Waals surface area contributed by atoms with Crippen LogP contribution in [0.2, 0.25) is 5.15 Å². The summed E-state index contributed by atoms with van der Waals surface area (Å²) in [6, 6.07) is 9.27. The Hall–Kier alpha value is -2.71. The molecule has 9 heteroatoms. The molecule has 0 unspecified atom stereocenters. The first-order chi connectivity index (χ1) is 12.7. The van der Waals surface area contributed by atoms with Gasteiger partial charge < -0.3 is 14.4 Å². The molecule has 26 heavy (non-hydrogen) atoms. The molecule has 0 spiro atoms. The number of nitrogens with zero attached hydrogens (tertiary/aromatic N) is 3. The first-order valence-electron chi connectivity index (χ1n) is 8.00. The Morgan fingerprint density at radius 2 is 2.00 bits per heavy atom. The standard InChI is InChI=1S/C17H17ClN4O4/c18-14-13(10-23)15(22-6-8-25-9-7-22)20-16(19-14)21-17(24)26-11-12-4-2-1-3-5-12/h1-5,10H,6-9,11H2,(H,19,20,21,24). The van der Waals surface area contributed by atoms with E-state index in [4.69, 9.17) is 21.1 Å². The maximum Gasteiger partial charge on any atom is 0.414 e. The molecule has 1 N–H and O–H groups in total. The molecular formula is C17H17ClN4O4. The Bertz CT molecular complexity index is 782. The summed E-state index contributed by atoms with van der Waals surface area (Å²) >= 11 is 6.08. The summed E-state index contributed by atoms with van der Waals surface area (Å²) in [6.45, 7) is 2.27. The predicted molar refractivity (Wildman–Crippen MR) is 95.7 cm³/mol. The highest BCUT2D eigenvalue weighted by Crippen LogP contribution is 2.25. The number of aromatic nitrogens is 2. The van der Waals surface area contributed by atoms with Crippen molar-refractivity contribution in [2.24, 2.45) is 0 Å². The predicted octanol–water partition coefficient (Wildman–Crippen LogP) is 2.53. The highest BCUT2D eigenvalue weighted by Gasteiger charge is 2.21. The van der Waals surface area contributed by atoms with E-state index < -0.39 is 6.09 Å². The molecule has 1 aliphatic rings. The fourth-order valence-electron chi connectivity index (χ4n) is 2.45. The van der Waals surface area contributed by atoms with Crippen LogP contribution in [0.15, 0.2) is 30.3 Å². The van der Waals surface area contributed by atoms with E-state index in [2.05, 4.69) is 15.3 Å². The van der Waals surface area contributed by atoms with E-state index in [0.717, 1.165) is 5.56 Å². The van der Waals surface area contributed by atoms with Crippen LogP contribution in [0.5, 0.6) is 0 Å². The van der Waals surface area contributed by atoms with Gasteiger partial charge in [0, 0.05) is 13.1 Å². The van der Waals surface area contributed by atoms with Gasteiger partial charge in [0.2, 0.25) is 5.95 Å². The minimum atomic E-state index is -0.711. The monoisotopic (exact) mass is 376 g/mol. The van der Waals surface area contributed by atoms with Crippen LogP contribution in [0.25, 0.3) is 0 Å². The molecule has 0 aliphatic carbocycles. The average molecular weight is 377 g/mol. The summed E-state index contributed by atoms with van der Waals surface area (Å²) < 4.78 is 10.4. The number of amides is 1. The zero-order chi connectivity index (χ0) is 18.4. The summed E-state index contributed by atoms with van der Waals surface area (Å²) in [4.78, 5) is 33.4. The molecule has 3 rings (SSSR count). The number of rotatable bonds is 5. The maximum absolute atomic E-state index is 12.0. The van der Waals surface area contributed by atoms with Crippen LogP contribution in [0.1, 0.15) is 15.9 Å². The SMILES string of the molecule is O=Cc1c(Cl)nc(NC(=O)OCc2ccccc2)nc1N1CCOCC1. The normalized spacial score (nSPS) is 14.0. The molecule has 1 amide bonds. The number of ether oxygens (including phenoxy) is 2. The van der Waals surface area contributed by atoms with Gasteiger partial charge in [-0.2, -0.15) is 9.97 Å². The second kappa shape index (κ2) is 8.59. The molecule has 1 fully saturated rings. The molecule has 2 aromatic rings. The molecule has 0 saturated carbocycles. The first-order valence-corrected chi connectivity index (χ1v) is 8.38. The zero-order valence-electron chi connectivity index (χ0n) is 13.9. The van der Waals surface area contributed by atoms with E-state index in [1.807, 2.05) is 35.2 Å². The van der Waals surface area contributed by atoms with Gasteiger partial charge in [0.1, 0.15) is 17.6 Å². The molecule has 8 nitrogen and oxygen atoms in total. The first kappa shape index (κ1) is 18.1. The molecule has 1 aromatic carbocycles. The van der Waals surface area contributed by atoms with Gasteiger partial charge in [0.25, 0.3) is 0 Å². The number of carbonyl (C=O) groups is 2. The van der Waals surface area contributed by atoms with Crippen LogP contribution in [-0.2, 0) is 16.1 Å². The zero-order valence-corrected chi connectivity index (χ0v) is 14.6. The van der Waals surface area contributed by atoms with Crippen molar-refractivity contribution in [3.05, 3.63) is 46.6 Å². The fraction of sp³-hybridized carbons (Fsp3) is 0.294. The average Bonchev–Trinajstić information content (AvgIpc) is 2.67. The Balaban J connectivity index is 1.71. The van der Waals surface area contributed by atoms with Crippen molar-refractivity contribution in [1.29, 1.82) is 0 Å². The molecule has 1 saturated heterocycles. The van der Waals surface area contributed by atoms with Crippen molar-refractivity contribution in [3.8, 4) is 0 Å². The number of anilines is 2. The number of morpholine rings is 1. The largest absolute Gasteiger partial charge is 0.444 e. The van der Waals surface area contributed by atoms with Gasteiger partial charge in [-0.3, -0.25) is 10.1 Å². The van der Waals surface area contributed by atoms with Crippen molar-refractivity contribution >= 4 is 35.7 Å². The van der Waals surface area contributed by atoms with Crippen LogP contribution >= 0.6 is 11.6 Å². The summed E-state index contributed by atoms with van der Waals surface area (Å²) in [5.74, 6) is 0.335. The fourth-order valence-corrected chi connectivity index (χ4v) is 2.66. The van der Waals surface area contributed by atoms with Crippen molar-refractivity contribution in [2.45, 2.75) is 6.61 Å². The smallest absolute Gasteiger partial charge is 0.414 e. The minimum absolute atomic E-state index is 0.0276. The van der Waals surface area contributed by atoms with E-state index in [1.165, 1.54) is 0 Å². The number of halogens is 1. The van der Waals surface area contributed by atoms with Gasteiger partial charge in [-0.1, -0.05) is 41.9 Å². The van der Waals surface area contributed by atoms with Gasteiger partial charge in [-0.15, -0.1) is 0 Å². The van der Waals surface area contributed by atoms with Crippen LogP contribution in [0.3, 0.4) is 0 Å². The third-order valence-electron chi connectivity index (χ3n) is 3.73. The van der Waals surface area contributed by atoms with Gasteiger partial charge in [-0.05, 0) is 5.56 Å². The van der Waals surface area contributed by atoms with Crippen LogP contribution < -0.4 is 10.2 Å². The van der Waals surface area contributed by atoms with Gasteiger partial charge in [0.05, 0.1) is 18.8 Å². The minimum Gasteiger partial charge on any atom is -0.444 e. The van der Waals surface area contributed by atoms with Crippen molar-refractivity contribution < 1.29 is 19.1 Å². The Kier molecular flexibility index (Phi) is 5.98. The molecule has 2 heterocycles. The molecule has 0 radical (unpaired) electrons. The lowest BCUT2D eigenvalue weighted by atomic mass is 10.2. The number of benzene rings is 1. The maximum atomic E-state index is 12.0. The van der Waals surface area contributed by atoms with E-state index in [-0.39, 0.29) is 23.3 Å². The molecule has 1 aliphatic heterocycles. The number of carbonyl (C=O) groups excluding carboxylic acids is 2. The van der Waals surface area contributed by atoms with Crippen LogP contribution in [0, 0.1) is 0 Å². The van der Waals surface area contributed by atoms with E-state index >= 15 is 0 Å². The van der Waals surface area contributed by atoms with Gasteiger partial charge in [0.15, 0.2) is 6.29 Å². The quantitative estimate of drug-likeness (QED) is 0.633. The third-order valence-corrected chi connectivity index (χ3v) is 4.02. The molecule has 136 valence electrons. The lowest BCUT2D eigenvalue weighted by Crippen LogP contribution is -2.37. The molecule has 0 atom stereocenters. The summed E-state index contributed by atoms with van der Waals surface area (Å²) in [6.07, 6.45) is -0.110. The third kappa shape index (κ3) is 4.47. The Morgan fingerprint density at radius 3 is 2.69 bits per heavy atom. The summed E-state index contributed by atoms with van der Waals surface area (Å²) in [5.41, 5.74) is 1.03.